The van der Waals surface area contributed by atoms with Crippen molar-refractivity contribution < 1.29 is 19.2 Å². The molecule has 0 aliphatic rings. The minimum Gasteiger partial charge on any atom is -0.459 e. The van der Waals surface area contributed by atoms with Gasteiger partial charge >= 0.3 is 5.97 Å². The lowest BCUT2D eigenvalue weighted by atomic mass is 10.1. The summed E-state index contributed by atoms with van der Waals surface area (Å²) >= 11 is 0. The summed E-state index contributed by atoms with van der Waals surface area (Å²) in [5.41, 5.74) is -0.323. The fourth-order valence-corrected chi connectivity index (χ4v) is 1.47. The smallest absolute Gasteiger partial charge is 0.325 e. The van der Waals surface area contributed by atoms with Gasteiger partial charge in [0.15, 0.2) is 6.29 Å². The summed E-state index contributed by atoms with van der Waals surface area (Å²) in [4.78, 5) is 32.4. The van der Waals surface area contributed by atoms with Gasteiger partial charge in [-0.05, 0) is 26.8 Å². The maximum atomic E-state index is 11.5. The highest BCUT2D eigenvalue weighted by molar-refractivity contribution is 5.87. The Morgan fingerprint density at radius 3 is 2.60 bits per heavy atom. The first-order chi connectivity index (χ1) is 9.23. The van der Waals surface area contributed by atoms with Crippen LogP contribution < -0.4 is 5.32 Å². The number of esters is 1. The SMILES string of the molecule is CC(C)(C)OC(=O)CNc1ccc([N+](=O)[O-])cc1C=O. The number of rotatable bonds is 5. The predicted octanol–water partition coefficient (Wildman–Crippen LogP) is 2.16. The van der Waals surface area contributed by atoms with Crippen molar-refractivity contribution in [2.24, 2.45) is 0 Å². The highest BCUT2D eigenvalue weighted by Crippen LogP contribution is 2.20. The summed E-state index contributed by atoms with van der Waals surface area (Å²) < 4.78 is 5.10. The first kappa shape index (κ1) is 15.6. The van der Waals surface area contributed by atoms with E-state index in [-0.39, 0.29) is 17.8 Å². The van der Waals surface area contributed by atoms with Crippen molar-refractivity contribution in [1.82, 2.24) is 0 Å². The van der Waals surface area contributed by atoms with Crippen molar-refractivity contribution in [3.8, 4) is 0 Å². The largest absolute Gasteiger partial charge is 0.459 e. The number of hydrogen-bond acceptors (Lipinski definition) is 6. The van der Waals surface area contributed by atoms with E-state index in [1.54, 1.807) is 20.8 Å². The molecule has 0 unspecified atom stereocenters. The van der Waals surface area contributed by atoms with Crippen LogP contribution in [0.5, 0.6) is 0 Å². The van der Waals surface area contributed by atoms with Crippen molar-refractivity contribution in [3.05, 3.63) is 33.9 Å². The van der Waals surface area contributed by atoms with Crippen LogP contribution in [0.1, 0.15) is 31.1 Å². The topological polar surface area (TPSA) is 98.5 Å². The van der Waals surface area contributed by atoms with Crippen LogP contribution in [0.25, 0.3) is 0 Å². The third-order valence-corrected chi connectivity index (χ3v) is 2.22. The van der Waals surface area contributed by atoms with Crippen LogP contribution in [-0.4, -0.2) is 29.3 Å². The molecule has 1 aromatic rings. The number of ether oxygens (including phenoxy) is 1. The van der Waals surface area contributed by atoms with Crippen molar-refractivity contribution in [1.29, 1.82) is 0 Å². The van der Waals surface area contributed by atoms with Gasteiger partial charge in [-0.2, -0.15) is 0 Å². The predicted molar refractivity (Wildman–Crippen MR) is 72.8 cm³/mol. The summed E-state index contributed by atoms with van der Waals surface area (Å²) in [6.07, 6.45) is 0.491. The molecule has 1 aromatic carbocycles. The van der Waals surface area contributed by atoms with Crippen molar-refractivity contribution >= 4 is 23.6 Å². The van der Waals surface area contributed by atoms with E-state index >= 15 is 0 Å². The Labute approximate surface area is 116 Å². The van der Waals surface area contributed by atoms with Crippen LogP contribution in [0.4, 0.5) is 11.4 Å². The lowest BCUT2D eigenvalue weighted by Gasteiger charge is -2.19. The Bertz CT molecular complexity index is 534. The van der Waals surface area contributed by atoms with Crippen molar-refractivity contribution in [2.75, 3.05) is 11.9 Å². The Kier molecular flexibility index (Phi) is 4.79. The molecular weight excluding hydrogens is 264 g/mol. The van der Waals surface area contributed by atoms with Crippen LogP contribution in [-0.2, 0) is 9.53 Å². The number of carbonyl (C=O) groups excluding carboxylic acids is 2. The standard InChI is InChI=1S/C13H16N2O5/c1-13(2,3)20-12(17)7-14-11-5-4-10(15(18)19)6-9(11)8-16/h4-6,8,14H,7H2,1-3H3. The Balaban J connectivity index is 2.76. The molecule has 0 aromatic heterocycles. The van der Waals surface area contributed by atoms with Gasteiger partial charge in [0.1, 0.15) is 12.1 Å². The van der Waals surface area contributed by atoms with E-state index in [1.807, 2.05) is 0 Å². The molecule has 0 radical (unpaired) electrons. The van der Waals surface area contributed by atoms with Gasteiger partial charge < -0.3 is 10.1 Å². The quantitative estimate of drug-likeness (QED) is 0.384. The summed E-state index contributed by atoms with van der Waals surface area (Å²) in [6.45, 7) is 5.10. The molecule has 0 spiro atoms. The molecule has 7 heteroatoms. The summed E-state index contributed by atoms with van der Waals surface area (Å²) in [7, 11) is 0. The number of hydrogen-bond donors (Lipinski definition) is 1. The average Bonchev–Trinajstić information content (AvgIpc) is 2.33. The number of nitrogens with zero attached hydrogens (tertiary/aromatic N) is 1. The fourth-order valence-electron chi connectivity index (χ4n) is 1.47. The van der Waals surface area contributed by atoms with Gasteiger partial charge in [-0.3, -0.25) is 19.7 Å². The van der Waals surface area contributed by atoms with E-state index in [0.717, 1.165) is 6.07 Å². The van der Waals surface area contributed by atoms with E-state index in [4.69, 9.17) is 4.74 Å². The van der Waals surface area contributed by atoms with Gasteiger partial charge in [0.05, 0.1) is 4.92 Å². The molecule has 1 N–H and O–H groups in total. The number of nitro groups is 1. The van der Waals surface area contributed by atoms with Gasteiger partial charge in [-0.15, -0.1) is 0 Å². The number of benzene rings is 1. The molecule has 7 nitrogen and oxygen atoms in total. The molecule has 1 rings (SSSR count). The van der Waals surface area contributed by atoms with Crippen LogP contribution >= 0.6 is 0 Å². The average molecular weight is 280 g/mol. The molecule has 0 atom stereocenters. The lowest BCUT2D eigenvalue weighted by Crippen LogP contribution is -2.28. The van der Waals surface area contributed by atoms with E-state index < -0.39 is 16.5 Å². The van der Waals surface area contributed by atoms with Gasteiger partial charge in [0.2, 0.25) is 0 Å². The number of nitro benzene ring substituents is 1. The fraction of sp³-hybridized carbons (Fsp3) is 0.385. The normalized spacial score (nSPS) is 10.8. The van der Waals surface area contributed by atoms with Crippen molar-refractivity contribution in [2.45, 2.75) is 26.4 Å². The molecule has 0 heterocycles. The maximum Gasteiger partial charge on any atom is 0.325 e. The van der Waals surface area contributed by atoms with E-state index in [0.29, 0.717) is 12.0 Å². The summed E-state index contributed by atoms with van der Waals surface area (Å²) in [5, 5.41) is 13.3. The number of nitrogens with one attached hydrogen (secondary N) is 1. The molecule has 0 saturated carbocycles. The molecule has 0 saturated heterocycles. The lowest BCUT2D eigenvalue weighted by molar-refractivity contribution is -0.384. The monoisotopic (exact) mass is 280 g/mol. The van der Waals surface area contributed by atoms with E-state index in [9.17, 15) is 19.7 Å². The molecule has 108 valence electrons. The van der Waals surface area contributed by atoms with Crippen LogP contribution in [0, 0.1) is 10.1 Å². The molecule has 20 heavy (non-hydrogen) atoms. The number of carbonyl (C=O) groups is 2. The molecular formula is C13H16N2O5. The zero-order valence-electron chi connectivity index (χ0n) is 11.5. The molecule has 0 fully saturated rings. The number of aldehydes is 1. The molecule has 0 aliphatic carbocycles. The van der Waals surface area contributed by atoms with E-state index in [2.05, 4.69) is 5.32 Å². The van der Waals surface area contributed by atoms with Gasteiger partial charge in [-0.25, -0.2) is 0 Å². The first-order valence-electron chi connectivity index (χ1n) is 5.92. The Morgan fingerprint density at radius 1 is 1.45 bits per heavy atom. The second kappa shape index (κ2) is 6.14. The van der Waals surface area contributed by atoms with Crippen LogP contribution in [0.3, 0.4) is 0 Å². The highest BCUT2D eigenvalue weighted by Gasteiger charge is 2.17. The molecule has 0 aliphatic heterocycles. The van der Waals surface area contributed by atoms with Crippen molar-refractivity contribution in [3.63, 3.8) is 0 Å². The molecule has 0 bridgehead atoms. The maximum absolute atomic E-state index is 11.5. The second-order valence-electron chi connectivity index (χ2n) is 5.09. The Morgan fingerprint density at radius 2 is 2.10 bits per heavy atom. The van der Waals surface area contributed by atoms with Crippen LogP contribution in [0.2, 0.25) is 0 Å². The van der Waals surface area contributed by atoms with Crippen LogP contribution in [0.15, 0.2) is 18.2 Å². The van der Waals surface area contributed by atoms with Gasteiger partial charge in [-0.1, -0.05) is 0 Å². The van der Waals surface area contributed by atoms with Gasteiger partial charge in [0.25, 0.3) is 5.69 Å². The number of non-ortho nitro benzene ring substituents is 1. The van der Waals surface area contributed by atoms with E-state index in [1.165, 1.54) is 12.1 Å². The highest BCUT2D eigenvalue weighted by atomic mass is 16.6. The number of anilines is 1. The minimum atomic E-state index is -0.596. The minimum absolute atomic E-state index is 0.114. The first-order valence-corrected chi connectivity index (χ1v) is 5.92. The third-order valence-electron chi connectivity index (χ3n) is 2.22. The zero-order chi connectivity index (χ0) is 15.3. The second-order valence-corrected chi connectivity index (χ2v) is 5.09. The zero-order valence-corrected chi connectivity index (χ0v) is 11.5. The third kappa shape index (κ3) is 4.68. The molecule has 0 amide bonds. The summed E-state index contributed by atoms with van der Waals surface area (Å²) in [5.74, 6) is -0.479. The van der Waals surface area contributed by atoms with Gasteiger partial charge in [0, 0.05) is 23.4 Å². The Hall–Kier alpha value is -2.44. The summed E-state index contributed by atoms with van der Waals surface area (Å²) in [6, 6.07) is 3.78.